The lowest BCUT2D eigenvalue weighted by Crippen LogP contribution is -2.41. The zero-order valence-corrected chi connectivity index (χ0v) is 10.2. The zero-order valence-electron chi connectivity index (χ0n) is 9.37. The van der Waals surface area contributed by atoms with Crippen molar-refractivity contribution in [3.05, 3.63) is 22.4 Å². The van der Waals surface area contributed by atoms with Gasteiger partial charge in [0.1, 0.15) is 0 Å². The van der Waals surface area contributed by atoms with Crippen LogP contribution in [0.1, 0.15) is 30.6 Å². The van der Waals surface area contributed by atoms with Gasteiger partial charge < -0.3 is 10.6 Å². The van der Waals surface area contributed by atoms with Gasteiger partial charge >= 0.3 is 6.03 Å². The van der Waals surface area contributed by atoms with Gasteiger partial charge in [-0.1, -0.05) is 18.9 Å². The Bertz CT molecular complexity index is 318. The van der Waals surface area contributed by atoms with E-state index in [-0.39, 0.29) is 6.03 Å². The number of amides is 2. The second-order valence-corrected chi connectivity index (χ2v) is 5.24. The smallest absolute Gasteiger partial charge is 0.315 e. The molecule has 2 amide bonds. The summed E-state index contributed by atoms with van der Waals surface area (Å²) in [5, 5.41) is 7.98. The van der Waals surface area contributed by atoms with Crippen LogP contribution in [0.15, 0.2) is 17.5 Å². The van der Waals surface area contributed by atoms with Crippen LogP contribution >= 0.6 is 11.3 Å². The van der Waals surface area contributed by atoms with Gasteiger partial charge in [-0.25, -0.2) is 4.79 Å². The number of thiophene rings is 1. The van der Waals surface area contributed by atoms with E-state index in [1.165, 1.54) is 17.7 Å². The third-order valence-electron chi connectivity index (χ3n) is 2.93. The molecule has 1 aliphatic carbocycles. The van der Waals surface area contributed by atoms with Gasteiger partial charge in [-0.3, -0.25) is 0 Å². The fourth-order valence-electron chi connectivity index (χ4n) is 2.06. The van der Waals surface area contributed by atoms with Gasteiger partial charge in [0, 0.05) is 17.5 Å². The molecule has 16 heavy (non-hydrogen) atoms. The van der Waals surface area contributed by atoms with E-state index in [1.807, 2.05) is 6.07 Å². The molecular formula is C12H18N2OS. The lowest BCUT2D eigenvalue weighted by molar-refractivity contribution is 0.237. The highest BCUT2D eigenvalue weighted by Gasteiger charge is 2.16. The highest BCUT2D eigenvalue weighted by atomic mass is 32.1. The molecule has 4 heteroatoms. The molecule has 2 N–H and O–H groups in total. The Morgan fingerprint density at radius 2 is 2.25 bits per heavy atom. The second kappa shape index (κ2) is 5.89. The molecule has 1 saturated carbocycles. The summed E-state index contributed by atoms with van der Waals surface area (Å²) in [5.74, 6) is 0. The second-order valence-electron chi connectivity index (χ2n) is 4.21. The molecular weight excluding hydrogens is 220 g/mol. The van der Waals surface area contributed by atoms with Crippen LogP contribution < -0.4 is 10.6 Å². The molecule has 0 aromatic carbocycles. The third-order valence-corrected chi connectivity index (χ3v) is 3.86. The maximum Gasteiger partial charge on any atom is 0.315 e. The first-order valence-corrected chi connectivity index (χ1v) is 6.79. The van der Waals surface area contributed by atoms with Crippen LogP contribution in [0.2, 0.25) is 0 Å². The van der Waals surface area contributed by atoms with Crippen molar-refractivity contribution in [2.45, 2.75) is 38.1 Å². The predicted octanol–water partition coefficient (Wildman–Crippen LogP) is 2.53. The molecule has 88 valence electrons. The highest BCUT2D eigenvalue weighted by Crippen LogP contribution is 2.17. The molecule has 1 heterocycles. The Balaban J connectivity index is 1.60. The number of carbonyl (C=O) groups excluding carboxylic acids is 1. The van der Waals surface area contributed by atoms with Gasteiger partial charge in [-0.15, -0.1) is 11.3 Å². The van der Waals surface area contributed by atoms with Gasteiger partial charge in [0.25, 0.3) is 0 Å². The van der Waals surface area contributed by atoms with E-state index in [4.69, 9.17) is 0 Å². The number of hydrogen-bond acceptors (Lipinski definition) is 2. The van der Waals surface area contributed by atoms with Gasteiger partial charge in [0.05, 0.1) is 0 Å². The molecule has 2 rings (SSSR count). The fourth-order valence-corrected chi connectivity index (χ4v) is 2.77. The van der Waals surface area contributed by atoms with Crippen molar-refractivity contribution in [3.8, 4) is 0 Å². The van der Waals surface area contributed by atoms with E-state index in [1.54, 1.807) is 11.3 Å². The van der Waals surface area contributed by atoms with E-state index in [9.17, 15) is 4.79 Å². The summed E-state index contributed by atoms with van der Waals surface area (Å²) in [7, 11) is 0. The predicted molar refractivity (Wildman–Crippen MR) is 66.8 cm³/mol. The number of rotatable bonds is 4. The summed E-state index contributed by atoms with van der Waals surface area (Å²) in [6.07, 6.45) is 5.70. The minimum atomic E-state index is -0.0107. The molecule has 0 unspecified atom stereocenters. The Morgan fingerprint density at radius 1 is 1.44 bits per heavy atom. The van der Waals surface area contributed by atoms with Crippen LogP contribution in [0.3, 0.4) is 0 Å². The first kappa shape index (κ1) is 11.5. The molecule has 1 aromatic rings. The van der Waals surface area contributed by atoms with E-state index in [2.05, 4.69) is 22.1 Å². The fraction of sp³-hybridized carbons (Fsp3) is 0.583. The van der Waals surface area contributed by atoms with Crippen LogP contribution in [-0.4, -0.2) is 18.6 Å². The third kappa shape index (κ3) is 3.52. The summed E-state index contributed by atoms with van der Waals surface area (Å²) >= 11 is 1.74. The van der Waals surface area contributed by atoms with Gasteiger partial charge in [0.15, 0.2) is 0 Å². The van der Waals surface area contributed by atoms with Crippen molar-refractivity contribution in [3.63, 3.8) is 0 Å². The number of hydrogen-bond donors (Lipinski definition) is 2. The quantitative estimate of drug-likeness (QED) is 0.831. The van der Waals surface area contributed by atoms with Crippen LogP contribution in [0.5, 0.6) is 0 Å². The maximum absolute atomic E-state index is 11.5. The van der Waals surface area contributed by atoms with Crippen molar-refractivity contribution in [2.75, 3.05) is 6.54 Å². The summed E-state index contributed by atoms with van der Waals surface area (Å²) in [6.45, 7) is 0.721. The molecule has 1 fully saturated rings. The molecule has 1 aliphatic rings. The summed E-state index contributed by atoms with van der Waals surface area (Å²) in [5.41, 5.74) is 0. The van der Waals surface area contributed by atoms with Crippen LogP contribution in [0.25, 0.3) is 0 Å². The Kier molecular flexibility index (Phi) is 4.22. The van der Waals surface area contributed by atoms with E-state index in [0.717, 1.165) is 25.8 Å². The molecule has 0 saturated heterocycles. The molecule has 0 bridgehead atoms. The number of nitrogens with one attached hydrogen (secondary N) is 2. The van der Waals surface area contributed by atoms with Gasteiger partial charge in [-0.2, -0.15) is 0 Å². The van der Waals surface area contributed by atoms with Gasteiger partial charge in [0.2, 0.25) is 0 Å². The minimum Gasteiger partial charge on any atom is -0.338 e. The Morgan fingerprint density at radius 3 is 2.94 bits per heavy atom. The summed E-state index contributed by atoms with van der Waals surface area (Å²) in [4.78, 5) is 12.8. The Labute approximate surface area is 100 Å². The first-order chi connectivity index (χ1) is 7.84. The minimum absolute atomic E-state index is 0.0107. The van der Waals surface area contributed by atoms with Crippen molar-refractivity contribution in [1.82, 2.24) is 10.6 Å². The maximum atomic E-state index is 11.5. The van der Waals surface area contributed by atoms with Crippen LogP contribution in [0.4, 0.5) is 4.79 Å². The highest BCUT2D eigenvalue weighted by molar-refractivity contribution is 7.09. The van der Waals surface area contributed by atoms with Crippen LogP contribution in [-0.2, 0) is 6.42 Å². The molecule has 3 nitrogen and oxygen atoms in total. The lowest BCUT2D eigenvalue weighted by Gasteiger charge is -2.12. The summed E-state index contributed by atoms with van der Waals surface area (Å²) in [6, 6.07) is 4.53. The average molecular weight is 238 g/mol. The number of carbonyl (C=O) groups is 1. The summed E-state index contributed by atoms with van der Waals surface area (Å²) < 4.78 is 0. The average Bonchev–Trinajstić information content (AvgIpc) is 2.90. The van der Waals surface area contributed by atoms with Crippen molar-refractivity contribution in [2.24, 2.45) is 0 Å². The molecule has 0 spiro atoms. The van der Waals surface area contributed by atoms with Crippen molar-refractivity contribution >= 4 is 17.4 Å². The standard InChI is InChI=1S/C12H18N2OS/c15-12(14-10-4-1-2-5-10)13-8-7-11-6-3-9-16-11/h3,6,9-10H,1-2,4-5,7-8H2,(H2,13,14,15). The lowest BCUT2D eigenvalue weighted by atomic mass is 10.2. The molecule has 0 radical (unpaired) electrons. The first-order valence-electron chi connectivity index (χ1n) is 5.91. The van der Waals surface area contributed by atoms with E-state index >= 15 is 0 Å². The largest absolute Gasteiger partial charge is 0.338 e. The van der Waals surface area contributed by atoms with Crippen molar-refractivity contribution in [1.29, 1.82) is 0 Å². The van der Waals surface area contributed by atoms with Crippen molar-refractivity contribution < 1.29 is 4.79 Å². The molecule has 0 aliphatic heterocycles. The zero-order chi connectivity index (χ0) is 11.2. The SMILES string of the molecule is O=C(NCCc1cccs1)NC1CCCC1. The van der Waals surface area contributed by atoms with Crippen LogP contribution in [0, 0.1) is 0 Å². The van der Waals surface area contributed by atoms with E-state index < -0.39 is 0 Å². The van der Waals surface area contributed by atoms with Gasteiger partial charge in [-0.05, 0) is 30.7 Å². The topological polar surface area (TPSA) is 41.1 Å². The normalized spacial score (nSPS) is 16.2. The Hall–Kier alpha value is -1.03. The monoisotopic (exact) mass is 238 g/mol. The molecule has 1 aromatic heterocycles. The number of urea groups is 1. The van der Waals surface area contributed by atoms with E-state index in [0.29, 0.717) is 6.04 Å². The molecule has 0 atom stereocenters.